The molecule has 1 aromatic heterocycles. The topological polar surface area (TPSA) is 38.9 Å². The van der Waals surface area contributed by atoms with E-state index in [-0.39, 0.29) is 12.4 Å². The number of hydrogen-bond donors (Lipinski definition) is 1. The molecule has 2 nitrogen and oxygen atoms in total. The Labute approximate surface area is 118 Å². The second-order valence-electron chi connectivity index (χ2n) is 3.71. The Hall–Kier alpha value is -0.910. The monoisotopic (exact) mass is 326 g/mol. The molecule has 5 heteroatoms. The van der Waals surface area contributed by atoms with Gasteiger partial charge in [0.05, 0.1) is 0 Å². The smallest absolute Gasteiger partial charge is 0.127 e. The number of aromatic nitrogens is 1. The molecule has 0 saturated carbocycles. The summed E-state index contributed by atoms with van der Waals surface area (Å²) in [7, 11) is 0. The Morgan fingerprint density at radius 1 is 1.33 bits per heavy atom. The van der Waals surface area contributed by atoms with Crippen LogP contribution in [0.25, 0.3) is 0 Å². The summed E-state index contributed by atoms with van der Waals surface area (Å²) in [5.41, 5.74) is 7.07. The first-order valence-corrected chi connectivity index (χ1v) is 7.19. The van der Waals surface area contributed by atoms with E-state index in [0.717, 1.165) is 20.8 Å². The number of hydrogen-bond acceptors (Lipinski definition) is 3. The van der Waals surface area contributed by atoms with Crippen molar-refractivity contribution in [2.24, 2.45) is 5.73 Å². The Balaban J connectivity index is 2.09. The summed E-state index contributed by atoms with van der Waals surface area (Å²) < 4.78 is 14.3. The van der Waals surface area contributed by atoms with Gasteiger partial charge in [0.2, 0.25) is 0 Å². The van der Waals surface area contributed by atoms with E-state index in [1.807, 2.05) is 12.1 Å². The van der Waals surface area contributed by atoms with Crippen molar-refractivity contribution in [3.05, 3.63) is 57.9 Å². The maximum absolute atomic E-state index is 13.3. The van der Waals surface area contributed by atoms with Crippen LogP contribution in [0.5, 0.6) is 0 Å². The molecule has 2 aromatic rings. The van der Waals surface area contributed by atoms with Gasteiger partial charge in [-0.25, -0.2) is 9.37 Å². The highest BCUT2D eigenvalue weighted by Crippen LogP contribution is 2.28. The number of nitrogens with two attached hydrogens (primary N) is 1. The molecule has 2 N–H and O–H groups in total. The molecule has 0 spiro atoms. The molecule has 0 radical (unpaired) electrons. The summed E-state index contributed by atoms with van der Waals surface area (Å²) in [6.45, 7) is 0.220. The van der Waals surface area contributed by atoms with E-state index in [0.29, 0.717) is 5.56 Å². The molecule has 2 rings (SSSR count). The SMILES string of the molecule is NCc1cc(CSc2ncccc2Br)ccc1F. The number of thioether (sulfide) groups is 1. The standard InChI is InChI=1S/C13H12BrFN2S/c14-11-2-1-5-17-13(11)18-8-9-3-4-12(15)10(6-9)7-16/h1-6H,7-8,16H2. The fraction of sp³-hybridized carbons (Fsp3) is 0.154. The lowest BCUT2D eigenvalue weighted by molar-refractivity contribution is 0.610. The molecular weight excluding hydrogens is 315 g/mol. The van der Waals surface area contributed by atoms with Gasteiger partial charge < -0.3 is 5.73 Å². The highest BCUT2D eigenvalue weighted by Gasteiger charge is 2.05. The van der Waals surface area contributed by atoms with Gasteiger partial charge in [-0.2, -0.15) is 0 Å². The van der Waals surface area contributed by atoms with Crippen molar-refractivity contribution in [3.63, 3.8) is 0 Å². The molecule has 0 unspecified atom stereocenters. The van der Waals surface area contributed by atoms with Crippen molar-refractivity contribution in [3.8, 4) is 0 Å². The average molecular weight is 327 g/mol. The van der Waals surface area contributed by atoms with Gasteiger partial charge in [-0.3, -0.25) is 0 Å². The van der Waals surface area contributed by atoms with Crippen LogP contribution in [0.3, 0.4) is 0 Å². The molecule has 0 aliphatic rings. The average Bonchev–Trinajstić information content (AvgIpc) is 2.39. The Morgan fingerprint density at radius 2 is 2.17 bits per heavy atom. The number of benzene rings is 1. The molecule has 0 amide bonds. The minimum Gasteiger partial charge on any atom is -0.326 e. The first-order valence-electron chi connectivity index (χ1n) is 5.41. The van der Waals surface area contributed by atoms with E-state index in [9.17, 15) is 4.39 Å². The van der Waals surface area contributed by atoms with Crippen LogP contribution in [0, 0.1) is 5.82 Å². The van der Waals surface area contributed by atoms with Crippen LogP contribution in [0.1, 0.15) is 11.1 Å². The molecule has 0 aliphatic heterocycles. The third-order valence-corrected chi connectivity index (χ3v) is 4.41. The second-order valence-corrected chi connectivity index (χ2v) is 5.53. The van der Waals surface area contributed by atoms with Crippen molar-refractivity contribution in [2.75, 3.05) is 0 Å². The van der Waals surface area contributed by atoms with Gasteiger partial charge >= 0.3 is 0 Å². The fourth-order valence-corrected chi connectivity index (χ4v) is 2.93. The van der Waals surface area contributed by atoms with E-state index in [2.05, 4.69) is 20.9 Å². The number of rotatable bonds is 4. The zero-order valence-electron chi connectivity index (χ0n) is 9.57. The zero-order valence-corrected chi connectivity index (χ0v) is 12.0. The first-order chi connectivity index (χ1) is 8.70. The van der Waals surface area contributed by atoms with Gasteiger partial charge in [0, 0.05) is 28.5 Å². The molecule has 0 fully saturated rings. The van der Waals surface area contributed by atoms with E-state index in [4.69, 9.17) is 5.73 Å². The van der Waals surface area contributed by atoms with Gasteiger partial charge in [0.1, 0.15) is 10.8 Å². The van der Waals surface area contributed by atoms with Crippen molar-refractivity contribution in [1.29, 1.82) is 0 Å². The predicted molar refractivity (Wildman–Crippen MR) is 75.8 cm³/mol. The van der Waals surface area contributed by atoms with Crippen molar-refractivity contribution >= 4 is 27.7 Å². The molecule has 0 aliphatic carbocycles. The zero-order chi connectivity index (χ0) is 13.0. The molecule has 0 saturated heterocycles. The largest absolute Gasteiger partial charge is 0.326 e. The molecule has 0 bridgehead atoms. The Morgan fingerprint density at radius 3 is 2.89 bits per heavy atom. The normalized spacial score (nSPS) is 10.6. The van der Waals surface area contributed by atoms with E-state index in [1.165, 1.54) is 6.07 Å². The van der Waals surface area contributed by atoms with Gasteiger partial charge in [-0.1, -0.05) is 12.1 Å². The Kier molecular flexibility index (Phi) is 4.74. The lowest BCUT2D eigenvalue weighted by Crippen LogP contribution is -2.00. The van der Waals surface area contributed by atoms with Gasteiger partial charge in [-0.15, -0.1) is 11.8 Å². The van der Waals surface area contributed by atoms with Crippen LogP contribution in [0.15, 0.2) is 46.0 Å². The van der Waals surface area contributed by atoms with Crippen LogP contribution in [-0.2, 0) is 12.3 Å². The van der Waals surface area contributed by atoms with Crippen molar-refractivity contribution in [1.82, 2.24) is 4.98 Å². The molecular formula is C13H12BrFN2S. The van der Waals surface area contributed by atoms with Crippen LogP contribution < -0.4 is 5.73 Å². The quantitative estimate of drug-likeness (QED) is 0.870. The summed E-state index contributed by atoms with van der Waals surface area (Å²) >= 11 is 5.05. The second kappa shape index (κ2) is 6.31. The molecule has 94 valence electrons. The maximum Gasteiger partial charge on any atom is 0.127 e. The number of halogens is 2. The summed E-state index contributed by atoms with van der Waals surface area (Å²) in [6.07, 6.45) is 1.75. The molecule has 1 aromatic carbocycles. The lowest BCUT2D eigenvalue weighted by Gasteiger charge is -2.06. The summed E-state index contributed by atoms with van der Waals surface area (Å²) in [5.74, 6) is 0.494. The molecule has 0 atom stereocenters. The predicted octanol–water partition coefficient (Wildman–Crippen LogP) is 3.73. The summed E-state index contributed by atoms with van der Waals surface area (Å²) in [4.78, 5) is 4.27. The highest BCUT2D eigenvalue weighted by molar-refractivity contribution is 9.10. The van der Waals surface area contributed by atoms with Crippen LogP contribution in [0.2, 0.25) is 0 Å². The highest BCUT2D eigenvalue weighted by atomic mass is 79.9. The van der Waals surface area contributed by atoms with E-state index >= 15 is 0 Å². The minimum atomic E-state index is -0.245. The van der Waals surface area contributed by atoms with Gasteiger partial charge in [0.25, 0.3) is 0 Å². The van der Waals surface area contributed by atoms with Gasteiger partial charge in [-0.05, 0) is 39.7 Å². The third-order valence-electron chi connectivity index (χ3n) is 2.43. The van der Waals surface area contributed by atoms with Crippen LogP contribution >= 0.6 is 27.7 Å². The summed E-state index contributed by atoms with van der Waals surface area (Å²) in [5, 5.41) is 0.927. The van der Waals surface area contributed by atoms with Crippen LogP contribution in [-0.4, -0.2) is 4.98 Å². The Bertz CT molecular complexity index is 548. The number of nitrogens with zero attached hydrogens (tertiary/aromatic N) is 1. The third kappa shape index (κ3) is 3.31. The maximum atomic E-state index is 13.3. The first kappa shape index (κ1) is 13.5. The fourth-order valence-electron chi connectivity index (χ4n) is 1.50. The molecule has 18 heavy (non-hydrogen) atoms. The van der Waals surface area contributed by atoms with Gasteiger partial charge in [0.15, 0.2) is 0 Å². The minimum absolute atomic E-state index is 0.220. The molecule has 1 heterocycles. The van der Waals surface area contributed by atoms with Crippen LogP contribution in [0.4, 0.5) is 4.39 Å². The van der Waals surface area contributed by atoms with E-state index in [1.54, 1.807) is 30.1 Å². The van der Waals surface area contributed by atoms with Crippen molar-refractivity contribution < 1.29 is 4.39 Å². The lowest BCUT2D eigenvalue weighted by atomic mass is 10.1. The van der Waals surface area contributed by atoms with E-state index < -0.39 is 0 Å². The number of pyridine rings is 1. The van der Waals surface area contributed by atoms with Crippen molar-refractivity contribution in [2.45, 2.75) is 17.3 Å². The summed E-state index contributed by atoms with van der Waals surface area (Å²) in [6, 6.07) is 8.87.